The van der Waals surface area contributed by atoms with Gasteiger partial charge < -0.3 is 10.2 Å². The fourth-order valence-electron chi connectivity index (χ4n) is 2.83. The third kappa shape index (κ3) is 4.36. The van der Waals surface area contributed by atoms with Crippen molar-refractivity contribution in [3.05, 3.63) is 22.9 Å². The topological polar surface area (TPSA) is 28.2 Å². The molecule has 0 bridgehead atoms. The van der Waals surface area contributed by atoms with E-state index in [2.05, 4.69) is 69.6 Å². The van der Waals surface area contributed by atoms with E-state index in [-0.39, 0.29) is 0 Å². The van der Waals surface area contributed by atoms with E-state index in [1.54, 1.807) is 0 Å². The molecule has 0 amide bonds. The minimum Gasteiger partial charge on any atom is -0.354 e. The van der Waals surface area contributed by atoms with Gasteiger partial charge >= 0.3 is 0 Å². The highest BCUT2D eigenvalue weighted by molar-refractivity contribution is 8.00. The summed E-state index contributed by atoms with van der Waals surface area (Å²) in [6.07, 6.45) is 0. The molecule has 1 fully saturated rings. The number of rotatable bonds is 4. The van der Waals surface area contributed by atoms with Crippen LogP contribution in [0.25, 0.3) is 0 Å². The molecule has 21 heavy (non-hydrogen) atoms. The summed E-state index contributed by atoms with van der Waals surface area (Å²) in [4.78, 5) is 7.36. The fourth-order valence-corrected chi connectivity index (χ4v) is 3.94. The lowest BCUT2D eigenvalue weighted by Gasteiger charge is -2.39. The lowest BCUT2D eigenvalue weighted by Crippen LogP contribution is -2.44. The molecule has 1 aliphatic heterocycles. The highest BCUT2D eigenvalue weighted by atomic mass is 32.2. The number of hydrogen-bond acceptors (Lipinski definition) is 4. The van der Waals surface area contributed by atoms with E-state index in [4.69, 9.17) is 4.98 Å². The Kier molecular flexibility index (Phi) is 5.20. The predicted molar refractivity (Wildman–Crippen MR) is 94.4 cm³/mol. The van der Waals surface area contributed by atoms with Crippen LogP contribution in [0, 0.1) is 13.8 Å². The number of nitrogens with one attached hydrogen (secondary N) is 1. The monoisotopic (exact) mass is 307 g/mol. The van der Waals surface area contributed by atoms with E-state index in [9.17, 15) is 0 Å². The smallest absolute Gasteiger partial charge is 0.133 e. The lowest BCUT2D eigenvalue weighted by atomic mass is 10.1. The zero-order valence-corrected chi connectivity index (χ0v) is 15.1. The highest BCUT2D eigenvalue weighted by Crippen LogP contribution is 2.33. The van der Waals surface area contributed by atoms with Gasteiger partial charge in [-0.15, -0.1) is 0 Å². The predicted octanol–water partition coefficient (Wildman–Crippen LogP) is 3.53. The maximum absolute atomic E-state index is 4.88. The molecule has 118 valence electrons. The summed E-state index contributed by atoms with van der Waals surface area (Å²) in [5.41, 5.74) is 3.82. The van der Waals surface area contributed by atoms with Crippen LogP contribution in [0.5, 0.6) is 0 Å². The molecule has 0 atom stereocenters. The molecule has 1 aliphatic rings. The summed E-state index contributed by atoms with van der Waals surface area (Å²) < 4.78 is 0.306. The second-order valence-corrected chi connectivity index (χ2v) is 8.75. The Labute approximate surface area is 133 Å². The Hall–Kier alpha value is -0.740. The summed E-state index contributed by atoms with van der Waals surface area (Å²) in [5.74, 6) is 2.37. The van der Waals surface area contributed by atoms with Gasteiger partial charge in [0, 0.05) is 47.4 Å². The van der Waals surface area contributed by atoms with Crippen LogP contribution in [-0.2, 0) is 6.54 Å². The zero-order valence-electron chi connectivity index (χ0n) is 14.3. The molecule has 1 aromatic rings. The normalized spacial score (nSPS) is 18.3. The Balaban J connectivity index is 2.32. The van der Waals surface area contributed by atoms with Crippen LogP contribution in [0.15, 0.2) is 6.07 Å². The van der Waals surface area contributed by atoms with Gasteiger partial charge in [-0.3, -0.25) is 0 Å². The van der Waals surface area contributed by atoms with Crippen molar-refractivity contribution >= 4 is 17.6 Å². The number of thioether (sulfide) groups is 1. The van der Waals surface area contributed by atoms with Gasteiger partial charge in [0.1, 0.15) is 5.82 Å². The Morgan fingerprint density at radius 3 is 2.71 bits per heavy atom. The minimum absolute atomic E-state index is 0.306. The van der Waals surface area contributed by atoms with Gasteiger partial charge in [-0.1, -0.05) is 13.8 Å². The number of anilines is 1. The van der Waals surface area contributed by atoms with Crippen molar-refractivity contribution in [3.63, 3.8) is 0 Å². The van der Waals surface area contributed by atoms with Crippen LogP contribution >= 0.6 is 11.8 Å². The Morgan fingerprint density at radius 2 is 2.10 bits per heavy atom. The van der Waals surface area contributed by atoms with Crippen molar-refractivity contribution < 1.29 is 0 Å². The molecule has 4 heteroatoms. The number of pyridine rings is 1. The van der Waals surface area contributed by atoms with Crippen molar-refractivity contribution in [2.24, 2.45) is 0 Å². The largest absolute Gasteiger partial charge is 0.354 e. The van der Waals surface area contributed by atoms with Gasteiger partial charge in [0.2, 0.25) is 0 Å². The fraction of sp³-hybridized carbons (Fsp3) is 0.706. The van der Waals surface area contributed by atoms with Crippen LogP contribution in [0.2, 0.25) is 0 Å². The zero-order chi connectivity index (χ0) is 15.6. The molecule has 0 spiro atoms. The van der Waals surface area contributed by atoms with Gasteiger partial charge in [0.15, 0.2) is 0 Å². The third-order valence-electron chi connectivity index (χ3n) is 3.87. The van der Waals surface area contributed by atoms with Crippen LogP contribution in [0.3, 0.4) is 0 Å². The summed E-state index contributed by atoms with van der Waals surface area (Å²) in [6.45, 7) is 16.4. The molecule has 0 saturated carbocycles. The number of aromatic nitrogens is 1. The first-order valence-corrected chi connectivity index (χ1v) is 8.86. The summed E-state index contributed by atoms with van der Waals surface area (Å²) >= 11 is 2.07. The molecule has 1 aromatic heterocycles. The van der Waals surface area contributed by atoms with E-state index >= 15 is 0 Å². The van der Waals surface area contributed by atoms with Gasteiger partial charge in [0.25, 0.3) is 0 Å². The first-order chi connectivity index (χ1) is 9.78. The van der Waals surface area contributed by atoms with E-state index in [1.807, 2.05) is 0 Å². The third-order valence-corrected chi connectivity index (χ3v) is 5.16. The first kappa shape index (κ1) is 16.6. The maximum Gasteiger partial charge on any atom is 0.133 e. The van der Waals surface area contributed by atoms with Gasteiger partial charge in [-0.05, 0) is 39.3 Å². The summed E-state index contributed by atoms with van der Waals surface area (Å²) in [5, 5.41) is 3.55. The average molecular weight is 308 g/mol. The summed E-state index contributed by atoms with van der Waals surface area (Å²) in [6, 6.07) is 2.69. The van der Waals surface area contributed by atoms with Crippen molar-refractivity contribution in [3.8, 4) is 0 Å². The second kappa shape index (κ2) is 6.57. The van der Waals surface area contributed by atoms with Gasteiger partial charge in [-0.2, -0.15) is 11.8 Å². The summed E-state index contributed by atoms with van der Waals surface area (Å²) in [7, 11) is 0. The average Bonchev–Trinajstić information content (AvgIpc) is 2.35. The van der Waals surface area contributed by atoms with E-state index < -0.39 is 0 Å². The van der Waals surface area contributed by atoms with Crippen molar-refractivity contribution in [2.75, 3.05) is 23.7 Å². The second-order valence-electron chi connectivity index (χ2n) is 6.95. The van der Waals surface area contributed by atoms with E-state index in [0.717, 1.165) is 25.3 Å². The SMILES string of the molecule is Cc1cc(C)c(CNC(C)C)c(N2CCSC(C)(C)C2)n1. The highest BCUT2D eigenvalue weighted by Gasteiger charge is 2.29. The molecule has 2 heterocycles. The molecule has 3 nitrogen and oxygen atoms in total. The van der Waals surface area contributed by atoms with Crippen molar-refractivity contribution in [1.29, 1.82) is 0 Å². The Morgan fingerprint density at radius 1 is 1.38 bits per heavy atom. The Bertz CT molecular complexity index is 497. The van der Waals surface area contributed by atoms with Crippen LogP contribution in [-0.4, -0.2) is 34.6 Å². The van der Waals surface area contributed by atoms with Crippen LogP contribution in [0.4, 0.5) is 5.82 Å². The van der Waals surface area contributed by atoms with Crippen molar-refractivity contribution in [2.45, 2.75) is 58.9 Å². The standard InChI is InChI=1S/C17H29N3S/c1-12(2)18-10-15-13(3)9-14(4)19-16(15)20-7-8-21-17(5,6)11-20/h9,12,18H,7-8,10-11H2,1-6H3. The maximum atomic E-state index is 4.88. The van der Waals surface area contributed by atoms with Crippen LogP contribution < -0.4 is 10.2 Å². The molecular weight excluding hydrogens is 278 g/mol. The van der Waals surface area contributed by atoms with E-state index in [0.29, 0.717) is 10.8 Å². The minimum atomic E-state index is 0.306. The molecule has 0 aliphatic carbocycles. The number of aryl methyl sites for hydroxylation is 2. The molecular formula is C17H29N3S. The molecule has 2 rings (SSSR count). The van der Waals surface area contributed by atoms with E-state index in [1.165, 1.54) is 22.7 Å². The number of nitrogens with zero attached hydrogens (tertiary/aromatic N) is 2. The van der Waals surface area contributed by atoms with Gasteiger partial charge in [-0.25, -0.2) is 4.98 Å². The molecule has 1 N–H and O–H groups in total. The quantitative estimate of drug-likeness (QED) is 0.921. The molecule has 0 unspecified atom stereocenters. The molecule has 1 saturated heterocycles. The number of hydrogen-bond donors (Lipinski definition) is 1. The van der Waals surface area contributed by atoms with Gasteiger partial charge in [0.05, 0.1) is 0 Å². The van der Waals surface area contributed by atoms with Crippen LogP contribution in [0.1, 0.15) is 44.5 Å². The lowest BCUT2D eigenvalue weighted by molar-refractivity contribution is 0.581. The van der Waals surface area contributed by atoms with Crippen molar-refractivity contribution in [1.82, 2.24) is 10.3 Å². The molecule has 0 aromatic carbocycles. The molecule has 0 radical (unpaired) electrons. The first-order valence-electron chi connectivity index (χ1n) is 7.88.